The molecule has 34 heavy (non-hydrogen) atoms. The first kappa shape index (κ1) is 23.6. The fraction of sp³-hybridized carbons (Fsp3) is 0.0833. The summed E-state index contributed by atoms with van der Waals surface area (Å²) in [6.07, 6.45) is 0. The molecule has 0 unspecified atom stereocenters. The van der Waals surface area contributed by atoms with Gasteiger partial charge < -0.3 is 14.4 Å². The molecule has 0 saturated carbocycles. The minimum atomic E-state index is -4.13. The fourth-order valence-electron chi connectivity index (χ4n) is 3.37. The normalized spacial score (nSPS) is 12.0. The Kier molecular flexibility index (Phi) is 6.22. The van der Waals surface area contributed by atoms with Crippen molar-refractivity contribution in [3.63, 3.8) is 0 Å². The number of nitrogens with one attached hydrogen (secondary N) is 1. The molecule has 8 nitrogen and oxygen atoms in total. The first-order valence-corrected chi connectivity index (χ1v) is 13.0. The maximum atomic E-state index is 13.0. The Balaban J connectivity index is 1.67. The van der Waals surface area contributed by atoms with E-state index in [-0.39, 0.29) is 39.0 Å². The smallest absolute Gasteiger partial charge is 0.339 e. The minimum Gasteiger partial charge on any atom is -0.504 e. The first-order chi connectivity index (χ1) is 16.1. The molecule has 3 N–H and O–H groups in total. The number of phenols is 2. The maximum absolute atomic E-state index is 13.0. The Labute approximate surface area is 197 Å². The largest absolute Gasteiger partial charge is 0.504 e. The summed E-state index contributed by atoms with van der Waals surface area (Å²) in [4.78, 5) is -0.0797. The van der Waals surface area contributed by atoms with Crippen LogP contribution >= 0.6 is 0 Å². The lowest BCUT2D eigenvalue weighted by atomic mass is 10.1. The minimum absolute atomic E-state index is 0.00131. The second kappa shape index (κ2) is 8.98. The molecule has 0 aliphatic carbocycles. The molecule has 0 fully saturated rings. The highest BCUT2D eigenvalue weighted by Gasteiger charge is 2.21. The topological polar surface area (TPSA) is 130 Å². The van der Waals surface area contributed by atoms with Crippen molar-refractivity contribution in [1.29, 1.82) is 0 Å². The highest BCUT2D eigenvalue weighted by Crippen LogP contribution is 2.32. The lowest BCUT2D eigenvalue weighted by molar-refractivity contribution is 0.403. The highest BCUT2D eigenvalue weighted by atomic mass is 32.2. The van der Waals surface area contributed by atoms with Crippen LogP contribution in [0.4, 0.5) is 0 Å². The van der Waals surface area contributed by atoms with Crippen LogP contribution in [-0.2, 0) is 26.7 Å². The zero-order valence-electron chi connectivity index (χ0n) is 18.0. The van der Waals surface area contributed by atoms with Gasteiger partial charge >= 0.3 is 10.1 Å². The lowest BCUT2D eigenvalue weighted by Crippen LogP contribution is -2.23. The second-order valence-corrected chi connectivity index (χ2v) is 10.9. The predicted octanol–water partition coefficient (Wildman–Crippen LogP) is 3.81. The third-order valence-electron chi connectivity index (χ3n) is 5.15. The van der Waals surface area contributed by atoms with Gasteiger partial charge in [0, 0.05) is 17.3 Å². The molecule has 0 aliphatic rings. The number of rotatable bonds is 7. The predicted molar refractivity (Wildman–Crippen MR) is 127 cm³/mol. The molecule has 0 amide bonds. The number of aromatic hydroxyl groups is 2. The average Bonchev–Trinajstić information content (AvgIpc) is 2.80. The van der Waals surface area contributed by atoms with Crippen LogP contribution in [0.1, 0.15) is 11.1 Å². The third-order valence-corrected chi connectivity index (χ3v) is 7.85. The Bertz CT molecular complexity index is 1580. The van der Waals surface area contributed by atoms with E-state index >= 15 is 0 Å². The van der Waals surface area contributed by atoms with Gasteiger partial charge in [-0.3, -0.25) is 0 Å². The van der Waals surface area contributed by atoms with Crippen molar-refractivity contribution in [2.75, 3.05) is 0 Å². The Morgan fingerprint density at radius 1 is 0.794 bits per heavy atom. The van der Waals surface area contributed by atoms with Crippen LogP contribution in [0.2, 0.25) is 0 Å². The second-order valence-electron chi connectivity index (χ2n) is 7.61. The van der Waals surface area contributed by atoms with Gasteiger partial charge in [0.25, 0.3) is 0 Å². The van der Waals surface area contributed by atoms with Gasteiger partial charge in [-0.1, -0.05) is 48.0 Å². The summed E-state index contributed by atoms with van der Waals surface area (Å²) in [6.45, 7) is 1.70. The fourth-order valence-corrected chi connectivity index (χ4v) is 5.55. The van der Waals surface area contributed by atoms with Crippen molar-refractivity contribution in [1.82, 2.24) is 4.72 Å². The molecular formula is C24H21NO7S2. The van der Waals surface area contributed by atoms with Gasteiger partial charge in [0.1, 0.15) is 4.90 Å². The van der Waals surface area contributed by atoms with Crippen LogP contribution in [-0.4, -0.2) is 27.0 Å². The van der Waals surface area contributed by atoms with Gasteiger partial charge in [0.05, 0.1) is 4.90 Å². The number of aryl methyl sites for hydroxylation is 1. The zero-order valence-corrected chi connectivity index (χ0v) is 19.6. The van der Waals surface area contributed by atoms with E-state index in [0.717, 1.165) is 5.56 Å². The van der Waals surface area contributed by atoms with E-state index in [1.54, 1.807) is 24.3 Å². The van der Waals surface area contributed by atoms with E-state index in [9.17, 15) is 27.0 Å². The van der Waals surface area contributed by atoms with Gasteiger partial charge in [0.2, 0.25) is 10.0 Å². The van der Waals surface area contributed by atoms with Crippen LogP contribution in [0.3, 0.4) is 0 Å². The molecule has 0 saturated heterocycles. The van der Waals surface area contributed by atoms with E-state index in [1.165, 1.54) is 54.6 Å². The summed E-state index contributed by atoms with van der Waals surface area (Å²) < 4.78 is 59.4. The molecule has 4 aromatic rings. The van der Waals surface area contributed by atoms with Crippen molar-refractivity contribution in [2.45, 2.75) is 23.3 Å². The molecular weight excluding hydrogens is 478 g/mol. The molecule has 176 valence electrons. The highest BCUT2D eigenvalue weighted by molar-refractivity contribution is 7.89. The van der Waals surface area contributed by atoms with Crippen molar-refractivity contribution in [3.8, 4) is 17.2 Å². The summed E-state index contributed by atoms with van der Waals surface area (Å²) in [5.74, 6) is -0.675. The van der Waals surface area contributed by atoms with Crippen LogP contribution in [0.25, 0.3) is 10.8 Å². The summed E-state index contributed by atoms with van der Waals surface area (Å²) >= 11 is 0. The number of hydrogen-bond donors (Lipinski definition) is 3. The van der Waals surface area contributed by atoms with Crippen molar-refractivity contribution in [3.05, 3.63) is 90.0 Å². The third kappa shape index (κ3) is 4.84. The van der Waals surface area contributed by atoms with Crippen molar-refractivity contribution >= 4 is 30.9 Å². The van der Waals surface area contributed by atoms with E-state index < -0.39 is 20.1 Å². The van der Waals surface area contributed by atoms with Crippen molar-refractivity contribution < 1.29 is 31.2 Å². The van der Waals surface area contributed by atoms with E-state index in [1.807, 2.05) is 6.92 Å². The first-order valence-electron chi connectivity index (χ1n) is 10.1. The molecule has 4 rings (SSSR count). The molecule has 0 heterocycles. The lowest BCUT2D eigenvalue weighted by Gasteiger charge is -2.13. The molecule has 0 bridgehead atoms. The Morgan fingerprint density at radius 2 is 1.47 bits per heavy atom. The van der Waals surface area contributed by atoms with Gasteiger partial charge in [-0.05, 0) is 48.9 Å². The quantitative estimate of drug-likeness (QED) is 0.260. The van der Waals surface area contributed by atoms with E-state index in [4.69, 9.17) is 4.18 Å². The van der Waals surface area contributed by atoms with Crippen LogP contribution < -0.4 is 8.91 Å². The summed E-state index contributed by atoms with van der Waals surface area (Å²) in [5, 5.41) is 19.6. The molecule has 0 radical (unpaired) electrons. The summed E-state index contributed by atoms with van der Waals surface area (Å²) in [7, 11) is -8.16. The SMILES string of the molecule is Cc1ccc(S(=O)(=O)Oc2cccc3c(S(=O)(=O)NCc4ccc(O)c(O)c4)cccc23)cc1. The maximum Gasteiger partial charge on any atom is 0.339 e. The van der Waals surface area contributed by atoms with Crippen molar-refractivity contribution in [2.24, 2.45) is 0 Å². The molecule has 0 spiro atoms. The Morgan fingerprint density at radius 3 is 2.18 bits per heavy atom. The van der Waals surface area contributed by atoms with E-state index in [0.29, 0.717) is 10.9 Å². The van der Waals surface area contributed by atoms with Gasteiger partial charge in [0.15, 0.2) is 17.2 Å². The monoisotopic (exact) mass is 499 g/mol. The molecule has 0 aromatic heterocycles. The van der Waals surface area contributed by atoms with E-state index in [2.05, 4.69) is 4.72 Å². The number of sulfonamides is 1. The van der Waals surface area contributed by atoms with Crippen LogP contribution in [0.5, 0.6) is 17.2 Å². The molecule has 0 aliphatic heterocycles. The number of fused-ring (bicyclic) bond motifs is 1. The summed E-state index contributed by atoms with van der Waals surface area (Å²) in [6, 6.07) is 19.2. The van der Waals surface area contributed by atoms with Gasteiger partial charge in [-0.25, -0.2) is 13.1 Å². The molecule has 10 heteroatoms. The number of phenolic OH excluding ortho intramolecular Hbond substituents is 2. The van der Waals surface area contributed by atoms with Gasteiger partial charge in [-0.2, -0.15) is 8.42 Å². The zero-order chi connectivity index (χ0) is 24.5. The average molecular weight is 500 g/mol. The Hall–Kier alpha value is -3.60. The van der Waals surface area contributed by atoms with Gasteiger partial charge in [-0.15, -0.1) is 0 Å². The summed E-state index contributed by atoms with van der Waals surface area (Å²) in [5.41, 5.74) is 1.33. The number of benzene rings is 4. The molecule has 4 aromatic carbocycles. The number of hydrogen-bond acceptors (Lipinski definition) is 7. The molecule has 0 atom stereocenters. The van der Waals surface area contributed by atoms with Crippen LogP contribution in [0.15, 0.2) is 88.7 Å². The standard InChI is InChI=1S/C24H21NO7S2/c1-16-8-11-18(12-9-16)34(30,31)32-23-6-2-5-20-19(23)4-3-7-24(20)33(28,29)25-15-17-10-13-21(26)22(27)14-17/h2-14,25-27H,15H2,1H3. The van der Waals surface area contributed by atoms with Crippen LogP contribution in [0, 0.1) is 6.92 Å².